The summed E-state index contributed by atoms with van der Waals surface area (Å²) in [6, 6.07) is 0. The molecule has 0 N–H and O–H groups in total. The van der Waals surface area contributed by atoms with Crippen LogP contribution in [-0.2, 0) is 18.6 Å². The van der Waals surface area contributed by atoms with Crippen LogP contribution in [0, 0.1) is 5.92 Å². The average Bonchev–Trinajstić information content (AvgIpc) is 2.30. The first-order valence-corrected chi connectivity index (χ1v) is 8.45. The van der Waals surface area contributed by atoms with Crippen molar-refractivity contribution in [3.63, 3.8) is 0 Å². The molecule has 4 nitrogen and oxygen atoms in total. The molecule has 0 heterocycles. The van der Waals surface area contributed by atoms with E-state index in [-0.39, 0.29) is 24.1 Å². The minimum atomic E-state index is -1.98. The second-order valence-corrected chi connectivity index (χ2v) is 6.31. The van der Waals surface area contributed by atoms with Crippen molar-refractivity contribution in [2.24, 2.45) is 5.92 Å². The van der Waals surface area contributed by atoms with Gasteiger partial charge in [0.15, 0.2) is 8.03 Å². The van der Waals surface area contributed by atoms with Gasteiger partial charge in [-0.1, -0.05) is 25.2 Å². The summed E-state index contributed by atoms with van der Waals surface area (Å²) in [4.78, 5) is 11.8. The van der Waals surface area contributed by atoms with Crippen molar-refractivity contribution < 1.29 is 18.6 Å². The van der Waals surface area contributed by atoms with E-state index < -0.39 is 8.03 Å². The zero-order valence-electron chi connectivity index (χ0n) is 12.0. The molecule has 0 aromatic carbocycles. The summed E-state index contributed by atoms with van der Waals surface area (Å²) in [6.07, 6.45) is 6.89. The number of carbonyl (C=O) groups excluding carboxylic acids is 1. The molecule has 0 spiro atoms. The molecule has 1 rings (SSSR count). The zero-order chi connectivity index (χ0) is 14.4. The van der Waals surface area contributed by atoms with Crippen LogP contribution in [0.4, 0.5) is 0 Å². The Labute approximate surface area is 115 Å². The summed E-state index contributed by atoms with van der Waals surface area (Å²) in [5.41, 5.74) is 1.01. The first kappa shape index (κ1) is 16.2. The maximum atomic E-state index is 11.8. The molecule has 19 heavy (non-hydrogen) atoms. The van der Waals surface area contributed by atoms with E-state index in [4.69, 9.17) is 9.26 Å². The van der Waals surface area contributed by atoms with Crippen LogP contribution in [0.25, 0.3) is 0 Å². The Balaban J connectivity index is 2.62. The van der Waals surface area contributed by atoms with E-state index in [9.17, 15) is 9.36 Å². The molecule has 0 fully saturated rings. The lowest BCUT2D eigenvalue weighted by Gasteiger charge is -2.23. The zero-order valence-corrected chi connectivity index (χ0v) is 13.0. The Kier molecular flexibility index (Phi) is 6.53. The van der Waals surface area contributed by atoms with Crippen molar-refractivity contribution in [1.82, 2.24) is 0 Å². The molecule has 0 aromatic heterocycles. The second-order valence-electron chi connectivity index (χ2n) is 5.09. The SMILES string of the molecule is CC(C)OC(=O)[C@@H](C)CC1=CC=CCC1O[PH](C)=O. The molecule has 0 radical (unpaired) electrons. The van der Waals surface area contributed by atoms with Crippen LogP contribution >= 0.6 is 8.03 Å². The Morgan fingerprint density at radius 2 is 2.16 bits per heavy atom. The van der Waals surface area contributed by atoms with Gasteiger partial charge in [0.2, 0.25) is 0 Å². The van der Waals surface area contributed by atoms with Crippen LogP contribution in [-0.4, -0.2) is 24.8 Å². The van der Waals surface area contributed by atoms with E-state index >= 15 is 0 Å². The van der Waals surface area contributed by atoms with Gasteiger partial charge in [-0.05, 0) is 32.3 Å². The van der Waals surface area contributed by atoms with Gasteiger partial charge < -0.3 is 9.26 Å². The average molecular weight is 286 g/mol. The van der Waals surface area contributed by atoms with E-state index in [2.05, 4.69) is 0 Å². The fraction of sp³-hybridized carbons (Fsp3) is 0.643. The maximum Gasteiger partial charge on any atom is 0.309 e. The van der Waals surface area contributed by atoms with Crippen molar-refractivity contribution in [3.8, 4) is 0 Å². The molecule has 0 bridgehead atoms. The van der Waals surface area contributed by atoms with Gasteiger partial charge in [-0.15, -0.1) is 0 Å². The molecule has 108 valence electrons. The summed E-state index contributed by atoms with van der Waals surface area (Å²) in [6.45, 7) is 7.09. The monoisotopic (exact) mass is 286 g/mol. The van der Waals surface area contributed by atoms with Gasteiger partial charge in [0.25, 0.3) is 0 Å². The third-order valence-corrected chi connectivity index (χ3v) is 3.43. The molecule has 1 aliphatic carbocycles. The summed E-state index contributed by atoms with van der Waals surface area (Å²) in [7, 11) is -1.98. The minimum absolute atomic E-state index is 0.102. The van der Waals surface area contributed by atoms with Gasteiger partial charge in [0, 0.05) is 6.66 Å². The van der Waals surface area contributed by atoms with Crippen molar-refractivity contribution >= 4 is 14.0 Å². The predicted molar refractivity (Wildman–Crippen MR) is 76.6 cm³/mol. The first-order chi connectivity index (χ1) is 8.90. The number of hydrogen-bond donors (Lipinski definition) is 0. The van der Waals surface area contributed by atoms with Gasteiger partial charge in [-0.25, -0.2) is 0 Å². The van der Waals surface area contributed by atoms with E-state index in [0.717, 1.165) is 5.57 Å². The number of esters is 1. The summed E-state index contributed by atoms with van der Waals surface area (Å²) in [5, 5.41) is 0. The molecule has 3 atom stereocenters. The van der Waals surface area contributed by atoms with Gasteiger partial charge in [0.05, 0.1) is 18.1 Å². The van der Waals surface area contributed by atoms with Gasteiger partial charge in [-0.2, -0.15) is 0 Å². The number of hydrogen-bond acceptors (Lipinski definition) is 4. The highest BCUT2D eigenvalue weighted by Gasteiger charge is 2.23. The number of carbonyl (C=O) groups is 1. The Hall–Kier alpha value is -0.860. The second kappa shape index (κ2) is 7.66. The van der Waals surface area contributed by atoms with E-state index in [1.165, 1.54) is 0 Å². The summed E-state index contributed by atoms with van der Waals surface area (Å²) in [5.74, 6) is -0.418. The molecule has 0 amide bonds. The maximum absolute atomic E-state index is 11.8. The minimum Gasteiger partial charge on any atom is -0.463 e. The number of rotatable bonds is 6. The Morgan fingerprint density at radius 1 is 1.47 bits per heavy atom. The van der Waals surface area contributed by atoms with Crippen molar-refractivity contribution in [3.05, 3.63) is 23.8 Å². The third-order valence-electron chi connectivity index (χ3n) is 2.81. The van der Waals surface area contributed by atoms with Crippen molar-refractivity contribution in [2.45, 2.75) is 45.8 Å². The number of allylic oxidation sites excluding steroid dienone is 2. The van der Waals surface area contributed by atoms with Crippen molar-refractivity contribution in [2.75, 3.05) is 6.66 Å². The number of ether oxygens (including phenoxy) is 1. The van der Waals surface area contributed by atoms with Crippen LogP contribution in [0.3, 0.4) is 0 Å². The topological polar surface area (TPSA) is 52.6 Å². The third kappa shape index (κ3) is 5.75. The van der Waals surface area contributed by atoms with E-state index in [1.807, 2.05) is 39.0 Å². The lowest BCUT2D eigenvalue weighted by Crippen LogP contribution is -2.23. The van der Waals surface area contributed by atoms with Gasteiger partial charge in [-0.3, -0.25) is 9.36 Å². The standard InChI is InChI=1S/C14H23O4P/c1-10(2)17-14(15)11(3)9-12-7-5-6-8-13(12)18-19(4)16/h5-7,10-11,13,19H,8-9H2,1-4H3/t11-,13?/m0/s1. The lowest BCUT2D eigenvalue weighted by molar-refractivity contribution is -0.151. The van der Waals surface area contributed by atoms with Crippen molar-refractivity contribution in [1.29, 1.82) is 0 Å². The van der Waals surface area contributed by atoms with Crippen LogP contribution in [0.5, 0.6) is 0 Å². The molecule has 5 heteroatoms. The highest BCUT2D eigenvalue weighted by molar-refractivity contribution is 7.38. The van der Waals surface area contributed by atoms with Crippen LogP contribution in [0.1, 0.15) is 33.6 Å². The highest BCUT2D eigenvalue weighted by Crippen LogP contribution is 2.30. The van der Waals surface area contributed by atoms with Crippen LogP contribution in [0.2, 0.25) is 0 Å². The first-order valence-electron chi connectivity index (χ1n) is 6.63. The lowest BCUT2D eigenvalue weighted by atomic mass is 9.93. The normalized spacial score (nSPS) is 21.9. The molecule has 0 saturated heterocycles. The predicted octanol–water partition coefficient (Wildman–Crippen LogP) is 3.34. The largest absolute Gasteiger partial charge is 0.463 e. The fourth-order valence-corrected chi connectivity index (χ4v) is 2.61. The van der Waals surface area contributed by atoms with Gasteiger partial charge in [0.1, 0.15) is 0 Å². The molecular formula is C14H23O4P. The quantitative estimate of drug-likeness (QED) is 0.555. The fourth-order valence-electron chi connectivity index (χ4n) is 1.96. The Bertz CT molecular complexity index is 398. The van der Waals surface area contributed by atoms with E-state index in [0.29, 0.717) is 12.8 Å². The molecule has 0 aliphatic heterocycles. The smallest absolute Gasteiger partial charge is 0.309 e. The summed E-state index contributed by atoms with van der Waals surface area (Å²) >= 11 is 0. The molecule has 0 aromatic rings. The van der Waals surface area contributed by atoms with Crippen LogP contribution in [0.15, 0.2) is 23.8 Å². The van der Waals surface area contributed by atoms with Gasteiger partial charge >= 0.3 is 5.97 Å². The summed E-state index contributed by atoms with van der Waals surface area (Å²) < 4.78 is 21.9. The molecular weight excluding hydrogens is 263 g/mol. The molecule has 0 saturated carbocycles. The van der Waals surface area contributed by atoms with Crippen LogP contribution < -0.4 is 0 Å². The Morgan fingerprint density at radius 3 is 2.74 bits per heavy atom. The molecule has 2 unspecified atom stereocenters. The molecule has 1 aliphatic rings. The van der Waals surface area contributed by atoms with E-state index in [1.54, 1.807) is 6.66 Å². The highest BCUT2D eigenvalue weighted by atomic mass is 31.1.